The molecule has 0 aliphatic carbocycles. The molecule has 0 fully saturated rings. The molecule has 0 bridgehead atoms. The van der Waals surface area contributed by atoms with Gasteiger partial charge in [-0.05, 0) is 6.92 Å². The second-order valence-corrected chi connectivity index (χ2v) is 2.74. The predicted molar refractivity (Wildman–Crippen MR) is 58.7 cm³/mol. The zero-order valence-corrected chi connectivity index (χ0v) is 9.61. The Bertz CT molecular complexity index is 150. The minimum atomic E-state index is 0.144. The molecule has 0 saturated carbocycles. The molecule has 1 aliphatic rings. The lowest BCUT2D eigenvalue weighted by atomic mass is 10.1. The average Bonchev–Trinajstić information content (AvgIpc) is 2.08. The van der Waals surface area contributed by atoms with Crippen LogP contribution in [0.25, 0.3) is 0 Å². The Balaban J connectivity index is 0. The van der Waals surface area contributed by atoms with Crippen LogP contribution in [0.4, 0.5) is 0 Å². The van der Waals surface area contributed by atoms with Gasteiger partial charge in [0, 0.05) is 13.0 Å². The van der Waals surface area contributed by atoms with Crippen molar-refractivity contribution >= 4 is 5.91 Å². The third-order valence-electron chi connectivity index (χ3n) is 1.19. The summed E-state index contributed by atoms with van der Waals surface area (Å²) in [5.74, 6) is 0.144. The van der Waals surface area contributed by atoms with Gasteiger partial charge in [-0.3, -0.25) is 4.79 Å². The number of carbonyl (C=O) groups excluding carboxylic acids is 1. The summed E-state index contributed by atoms with van der Waals surface area (Å²) >= 11 is 0. The molecule has 2 nitrogen and oxygen atoms in total. The first kappa shape index (κ1) is 14.7. The Morgan fingerprint density at radius 1 is 1.38 bits per heavy atom. The second-order valence-electron chi connectivity index (χ2n) is 2.74. The Hall–Kier alpha value is -0.790. The van der Waals surface area contributed by atoms with Crippen molar-refractivity contribution in [2.45, 2.75) is 47.5 Å². The van der Waals surface area contributed by atoms with Gasteiger partial charge in [-0.25, -0.2) is 0 Å². The fourth-order valence-electron chi connectivity index (χ4n) is 0.727. The zero-order chi connectivity index (χ0) is 10.7. The molecule has 0 unspecified atom stereocenters. The molecule has 0 saturated heterocycles. The minimum Gasteiger partial charge on any atom is -0.352 e. The number of amides is 1. The normalized spacial score (nSPS) is 13.9. The van der Waals surface area contributed by atoms with Crippen LogP contribution in [-0.4, -0.2) is 12.5 Å². The van der Waals surface area contributed by atoms with Crippen LogP contribution in [0.2, 0.25) is 0 Å². The number of nitrogens with one attached hydrogen (secondary N) is 1. The van der Waals surface area contributed by atoms with Crippen LogP contribution in [0.3, 0.4) is 0 Å². The van der Waals surface area contributed by atoms with Gasteiger partial charge < -0.3 is 5.32 Å². The Labute approximate surface area is 82.4 Å². The molecule has 78 valence electrons. The van der Waals surface area contributed by atoms with E-state index in [1.807, 2.05) is 26.8 Å². The molecule has 0 atom stereocenters. The van der Waals surface area contributed by atoms with Crippen molar-refractivity contribution in [3.05, 3.63) is 11.6 Å². The average molecular weight is 185 g/mol. The summed E-state index contributed by atoms with van der Waals surface area (Å²) in [5.41, 5.74) is 1.17. The van der Waals surface area contributed by atoms with Gasteiger partial charge in [0.1, 0.15) is 0 Å². The molecule has 13 heavy (non-hydrogen) atoms. The largest absolute Gasteiger partial charge is 0.352 e. The molecule has 0 radical (unpaired) electrons. The van der Waals surface area contributed by atoms with E-state index in [1.54, 1.807) is 0 Å². The Kier molecular flexibility index (Phi) is 12.7. The van der Waals surface area contributed by atoms with Crippen LogP contribution < -0.4 is 5.32 Å². The number of carbonyl (C=O) groups is 1. The van der Waals surface area contributed by atoms with Gasteiger partial charge in [0.2, 0.25) is 5.91 Å². The Morgan fingerprint density at radius 2 is 1.85 bits per heavy atom. The van der Waals surface area contributed by atoms with Crippen LogP contribution in [-0.2, 0) is 4.79 Å². The fourth-order valence-corrected chi connectivity index (χ4v) is 0.727. The van der Waals surface area contributed by atoms with E-state index in [0.717, 1.165) is 0 Å². The first-order valence-corrected chi connectivity index (χ1v) is 5.13. The molecule has 2 heteroatoms. The highest BCUT2D eigenvalue weighted by molar-refractivity contribution is 5.79. The quantitative estimate of drug-likeness (QED) is 0.578. The lowest BCUT2D eigenvalue weighted by Crippen LogP contribution is -2.26. The van der Waals surface area contributed by atoms with E-state index in [1.165, 1.54) is 12.0 Å². The summed E-state index contributed by atoms with van der Waals surface area (Å²) in [7, 11) is 0. The van der Waals surface area contributed by atoms with Crippen LogP contribution >= 0.6 is 0 Å². The third-order valence-corrected chi connectivity index (χ3v) is 1.19. The molecule has 0 aromatic rings. The van der Waals surface area contributed by atoms with E-state index < -0.39 is 0 Å². The molecule has 1 aliphatic heterocycles. The van der Waals surface area contributed by atoms with Crippen molar-refractivity contribution in [2.24, 2.45) is 0 Å². The summed E-state index contributed by atoms with van der Waals surface area (Å²) in [6.07, 6.45) is 3.86. The lowest BCUT2D eigenvalue weighted by Gasteiger charge is -2.08. The van der Waals surface area contributed by atoms with Gasteiger partial charge in [-0.2, -0.15) is 0 Å². The van der Waals surface area contributed by atoms with E-state index in [0.29, 0.717) is 13.0 Å². The standard InChI is InChI=1S/C6H9NO.C3H8.C2H6/c1-5-2-3-7-6(8)4-5;1-3-2;1-2/h2H,3-4H2,1H3,(H,7,8);3H2,1-2H3;1-2H3. The molecule has 0 aromatic heterocycles. The highest BCUT2D eigenvalue weighted by Gasteiger charge is 2.04. The molecule has 0 aromatic carbocycles. The van der Waals surface area contributed by atoms with Crippen molar-refractivity contribution in [3.63, 3.8) is 0 Å². The summed E-state index contributed by atoms with van der Waals surface area (Å²) in [5, 5.41) is 2.70. The predicted octanol–water partition coefficient (Wildman–Crippen LogP) is 2.90. The summed E-state index contributed by atoms with van der Waals surface area (Å²) in [6, 6.07) is 0. The van der Waals surface area contributed by atoms with Gasteiger partial charge >= 0.3 is 0 Å². The highest BCUT2D eigenvalue weighted by atomic mass is 16.1. The summed E-state index contributed by atoms with van der Waals surface area (Å²) < 4.78 is 0. The fraction of sp³-hybridized carbons (Fsp3) is 0.727. The highest BCUT2D eigenvalue weighted by Crippen LogP contribution is 2.01. The third kappa shape index (κ3) is 11.2. The molecule has 1 rings (SSSR count). The van der Waals surface area contributed by atoms with E-state index >= 15 is 0 Å². The topological polar surface area (TPSA) is 29.1 Å². The van der Waals surface area contributed by atoms with Crippen LogP contribution in [0.1, 0.15) is 47.5 Å². The summed E-state index contributed by atoms with van der Waals surface area (Å²) in [4.78, 5) is 10.5. The van der Waals surface area contributed by atoms with E-state index in [-0.39, 0.29) is 5.91 Å². The molecule has 0 spiro atoms. The first-order chi connectivity index (χ1) is 6.20. The maximum atomic E-state index is 10.5. The second kappa shape index (κ2) is 11.2. The zero-order valence-electron chi connectivity index (χ0n) is 9.61. The van der Waals surface area contributed by atoms with Crippen LogP contribution in [0, 0.1) is 0 Å². The van der Waals surface area contributed by atoms with Crippen molar-refractivity contribution in [1.82, 2.24) is 5.32 Å². The molecule has 1 amide bonds. The lowest BCUT2D eigenvalue weighted by molar-refractivity contribution is -0.120. The Morgan fingerprint density at radius 3 is 2.08 bits per heavy atom. The van der Waals surface area contributed by atoms with Gasteiger partial charge in [-0.15, -0.1) is 0 Å². The number of hydrogen-bond donors (Lipinski definition) is 1. The molecular formula is C11H23NO. The van der Waals surface area contributed by atoms with E-state index in [2.05, 4.69) is 19.2 Å². The van der Waals surface area contributed by atoms with Gasteiger partial charge in [0.05, 0.1) is 0 Å². The van der Waals surface area contributed by atoms with E-state index in [9.17, 15) is 4.79 Å². The van der Waals surface area contributed by atoms with Crippen LogP contribution in [0.15, 0.2) is 11.6 Å². The smallest absolute Gasteiger partial charge is 0.224 e. The van der Waals surface area contributed by atoms with Crippen LogP contribution in [0.5, 0.6) is 0 Å². The van der Waals surface area contributed by atoms with E-state index in [4.69, 9.17) is 0 Å². The van der Waals surface area contributed by atoms with Gasteiger partial charge in [0.25, 0.3) is 0 Å². The number of hydrogen-bond acceptors (Lipinski definition) is 1. The minimum absolute atomic E-state index is 0.144. The summed E-state index contributed by atoms with van der Waals surface area (Å²) in [6.45, 7) is 10.9. The van der Waals surface area contributed by atoms with Crippen molar-refractivity contribution < 1.29 is 4.79 Å². The molecular weight excluding hydrogens is 162 g/mol. The molecule has 1 heterocycles. The first-order valence-electron chi connectivity index (χ1n) is 5.13. The van der Waals surface area contributed by atoms with Gasteiger partial charge in [0.15, 0.2) is 0 Å². The number of rotatable bonds is 0. The maximum Gasteiger partial charge on any atom is 0.224 e. The molecule has 1 N–H and O–H groups in total. The van der Waals surface area contributed by atoms with Crippen molar-refractivity contribution in [3.8, 4) is 0 Å². The van der Waals surface area contributed by atoms with Crippen molar-refractivity contribution in [2.75, 3.05) is 6.54 Å². The SMILES string of the molecule is CC.CC1=CCNC(=O)C1.CCC. The monoisotopic (exact) mass is 185 g/mol. The maximum absolute atomic E-state index is 10.5. The van der Waals surface area contributed by atoms with Crippen molar-refractivity contribution in [1.29, 1.82) is 0 Å². The van der Waals surface area contributed by atoms with Gasteiger partial charge in [-0.1, -0.05) is 45.8 Å².